The van der Waals surface area contributed by atoms with E-state index in [0.29, 0.717) is 12.1 Å². The fourth-order valence-corrected chi connectivity index (χ4v) is 3.34. The summed E-state index contributed by atoms with van der Waals surface area (Å²) >= 11 is 2.36. The van der Waals surface area contributed by atoms with Gasteiger partial charge >= 0.3 is 0 Å². The Balaban J connectivity index is 1.92. The zero-order valence-corrected chi connectivity index (χ0v) is 14.5. The van der Waals surface area contributed by atoms with Crippen LogP contribution < -0.4 is 10.2 Å². The number of rotatable bonds is 3. The van der Waals surface area contributed by atoms with Gasteiger partial charge in [-0.25, -0.2) is 0 Å². The van der Waals surface area contributed by atoms with Crippen molar-refractivity contribution in [2.24, 2.45) is 0 Å². The van der Waals surface area contributed by atoms with E-state index in [0.717, 1.165) is 13.1 Å². The third-order valence-electron chi connectivity index (χ3n) is 4.23. The predicted molar refractivity (Wildman–Crippen MR) is 97.8 cm³/mol. The first kappa shape index (κ1) is 14.9. The zero-order chi connectivity index (χ0) is 14.7. The molecule has 2 aromatic carbocycles. The molecule has 0 radical (unpaired) electrons. The highest BCUT2D eigenvalue weighted by atomic mass is 127. The van der Waals surface area contributed by atoms with E-state index >= 15 is 0 Å². The summed E-state index contributed by atoms with van der Waals surface area (Å²) in [5, 5.41) is 3.69. The molecule has 2 atom stereocenters. The minimum absolute atomic E-state index is 0.411. The van der Waals surface area contributed by atoms with Crippen LogP contribution in [0.2, 0.25) is 0 Å². The smallest absolute Gasteiger partial charge is 0.0667 e. The van der Waals surface area contributed by atoms with Crippen molar-refractivity contribution in [3.8, 4) is 0 Å². The van der Waals surface area contributed by atoms with Crippen molar-refractivity contribution in [2.45, 2.75) is 25.4 Å². The highest BCUT2D eigenvalue weighted by Gasteiger charge is 2.28. The van der Waals surface area contributed by atoms with E-state index in [1.54, 1.807) is 0 Å². The van der Waals surface area contributed by atoms with Gasteiger partial charge in [-0.1, -0.05) is 37.3 Å². The SMILES string of the molecule is CCC1CN(c2ccc(I)cc2)C(c2ccccc2)CN1. The molecule has 3 heteroatoms. The number of nitrogens with one attached hydrogen (secondary N) is 1. The minimum Gasteiger partial charge on any atom is -0.362 e. The Hall–Kier alpha value is -1.07. The quantitative estimate of drug-likeness (QED) is 0.787. The van der Waals surface area contributed by atoms with Crippen LogP contribution in [0.4, 0.5) is 5.69 Å². The van der Waals surface area contributed by atoms with Gasteiger partial charge in [0.2, 0.25) is 0 Å². The van der Waals surface area contributed by atoms with E-state index in [9.17, 15) is 0 Å². The summed E-state index contributed by atoms with van der Waals surface area (Å²) < 4.78 is 1.29. The molecule has 1 saturated heterocycles. The highest BCUT2D eigenvalue weighted by molar-refractivity contribution is 14.1. The molecule has 21 heavy (non-hydrogen) atoms. The van der Waals surface area contributed by atoms with Crippen molar-refractivity contribution in [2.75, 3.05) is 18.0 Å². The first-order chi connectivity index (χ1) is 10.3. The van der Waals surface area contributed by atoms with Crippen molar-refractivity contribution in [3.63, 3.8) is 0 Å². The number of nitrogens with zero attached hydrogens (tertiary/aromatic N) is 1. The molecule has 1 aliphatic rings. The third kappa shape index (κ3) is 3.40. The highest BCUT2D eigenvalue weighted by Crippen LogP contribution is 2.30. The Bertz CT molecular complexity index is 568. The van der Waals surface area contributed by atoms with Crippen LogP contribution in [-0.2, 0) is 0 Å². The Labute approximate surface area is 140 Å². The first-order valence-corrected chi connectivity index (χ1v) is 8.66. The summed E-state index contributed by atoms with van der Waals surface area (Å²) in [5.74, 6) is 0. The number of hydrogen-bond acceptors (Lipinski definition) is 2. The number of benzene rings is 2. The van der Waals surface area contributed by atoms with Gasteiger partial charge in [0.25, 0.3) is 0 Å². The molecule has 1 aliphatic heterocycles. The largest absolute Gasteiger partial charge is 0.362 e. The molecule has 3 rings (SSSR count). The van der Waals surface area contributed by atoms with Gasteiger partial charge in [0.15, 0.2) is 0 Å². The van der Waals surface area contributed by atoms with E-state index in [1.165, 1.54) is 21.2 Å². The van der Waals surface area contributed by atoms with E-state index in [2.05, 4.69) is 94.3 Å². The average Bonchev–Trinajstić information content (AvgIpc) is 2.56. The van der Waals surface area contributed by atoms with Crippen LogP contribution in [0.15, 0.2) is 54.6 Å². The lowest BCUT2D eigenvalue weighted by Gasteiger charge is -2.42. The van der Waals surface area contributed by atoms with Gasteiger partial charge in [-0.2, -0.15) is 0 Å². The number of hydrogen-bond donors (Lipinski definition) is 1. The normalized spacial score (nSPS) is 22.3. The second-order valence-corrected chi connectivity index (χ2v) is 6.81. The van der Waals surface area contributed by atoms with Crippen molar-refractivity contribution >= 4 is 28.3 Å². The maximum Gasteiger partial charge on any atom is 0.0667 e. The molecule has 0 bridgehead atoms. The van der Waals surface area contributed by atoms with E-state index < -0.39 is 0 Å². The molecule has 2 aromatic rings. The average molecular weight is 392 g/mol. The minimum atomic E-state index is 0.411. The maximum atomic E-state index is 3.69. The van der Waals surface area contributed by atoms with Crippen LogP contribution in [0.1, 0.15) is 24.9 Å². The van der Waals surface area contributed by atoms with E-state index in [1.807, 2.05) is 0 Å². The fourth-order valence-electron chi connectivity index (χ4n) is 2.98. The fraction of sp³-hybridized carbons (Fsp3) is 0.333. The Morgan fingerprint density at radius 2 is 1.81 bits per heavy atom. The van der Waals surface area contributed by atoms with Crippen molar-refractivity contribution in [1.82, 2.24) is 5.32 Å². The van der Waals surface area contributed by atoms with E-state index in [-0.39, 0.29) is 0 Å². The summed E-state index contributed by atoms with van der Waals surface area (Å²) in [4.78, 5) is 2.55. The first-order valence-electron chi connectivity index (χ1n) is 7.58. The molecule has 0 spiro atoms. The molecule has 1 N–H and O–H groups in total. The monoisotopic (exact) mass is 392 g/mol. The molecule has 2 nitrogen and oxygen atoms in total. The van der Waals surface area contributed by atoms with Crippen LogP contribution in [0.3, 0.4) is 0 Å². The van der Waals surface area contributed by atoms with Gasteiger partial charge < -0.3 is 10.2 Å². The summed E-state index contributed by atoms with van der Waals surface area (Å²) in [6.45, 7) is 4.33. The second kappa shape index (κ2) is 6.79. The van der Waals surface area contributed by atoms with E-state index in [4.69, 9.17) is 0 Å². The maximum absolute atomic E-state index is 3.69. The zero-order valence-electron chi connectivity index (χ0n) is 12.3. The summed E-state index contributed by atoms with van der Waals surface area (Å²) in [6, 6.07) is 20.7. The van der Waals surface area contributed by atoms with Crippen molar-refractivity contribution in [1.29, 1.82) is 0 Å². The summed E-state index contributed by atoms with van der Waals surface area (Å²) in [6.07, 6.45) is 1.17. The number of anilines is 1. The number of halogens is 1. The molecule has 0 saturated carbocycles. The molecule has 2 unspecified atom stereocenters. The van der Waals surface area contributed by atoms with Gasteiger partial charge in [-0.3, -0.25) is 0 Å². The molecule has 0 aliphatic carbocycles. The van der Waals surface area contributed by atoms with Crippen molar-refractivity contribution < 1.29 is 0 Å². The second-order valence-electron chi connectivity index (χ2n) is 5.57. The molecule has 0 aromatic heterocycles. The van der Waals surface area contributed by atoms with Gasteiger partial charge in [-0.05, 0) is 58.8 Å². The summed E-state index contributed by atoms with van der Waals surface area (Å²) in [7, 11) is 0. The van der Waals surface area contributed by atoms with Crippen LogP contribution in [-0.4, -0.2) is 19.1 Å². The van der Waals surface area contributed by atoms with Gasteiger partial charge in [-0.15, -0.1) is 0 Å². The molecule has 1 fully saturated rings. The Morgan fingerprint density at radius 3 is 2.48 bits per heavy atom. The number of piperazine rings is 1. The van der Waals surface area contributed by atoms with Crippen LogP contribution in [0, 0.1) is 3.57 Å². The topological polar surface area (TPSA) is 15.3 Å². The molecular weight excluding hydrogens is 371 g/mol. The van der Waals surface area contributed by atoms with Crippen LogP contribution in [0.25, 0.3) is 0 Å². The lowest BCUT2D eigenvalue weighted by molar-refractivity contribution is 0.390. The van der Waals surface area contributed by atoms with Crippen LogP contribution >= 0.6 is 22.6 Å². The summed E-state index contributed by atoms with van der Waals surface area (Å²) in [5.41, 5.74) is 2.71. The lowest BCUT2D eigenvalue weighted by atomic mass is 9.99. The van der Waals surface area contributed by atoms with Gasteiger partial charge in [0.1, 0.15) is 0 Å². The predicted octanol–water partition coefficient (Wildman–Crippen LogP) is 4.22. The molecular formula is C18H21IN2. The van der Waals surface area contributed by atoms with Crippen molar-refractivity contribution in [3.05, 3.63) is 63.7 Å². The molecule has 110 valence electrons. The third-order valence-corrected chi connectivity index (χ3v) is 4.95. The lowest BCUT2D eigenvalue weighted by Crippen LogP contribution is -2.52. The van der Waals surface area contributed by atoms with Gasteiger partial charge in [0.05, 0.1) is 6.04 Å². The van der Waals surface area contributed by atoms with Gasteiger partial charge in [0, 0.05) is 28.4 Å². The Kier molecular flexibility index (Phi) is 4.80. The molecule has 1 heterocycles. The molecule has 0 amide bonds. The Morgan fingerprint density at radius 1 is 1.10 bits per heavy atom. The standard InChI is InChI=1S/C18H21IN2/c1-2-16-13-21(17-10-8-15(19)9-11-17)18(12-20-16)14-6-4-3-5-7-14/h3-11,16,18,20H,2,12-13H2,1H3. The van der Waals surface area contributed by atoms with Crippen LogP contribution in [0.5, 0.6) is 0 Å².